The van der Waals surface area contributed by atoms with Crippen molar-refractivity contribution < 1.29 is 19.4 Å². The van der Waals surface area contributed by atoms with Crippen molar-refractivity contribution in [3.8, 4) is 0 Å². The number of hydrogen-bond donors (Lipinski definition) is 2. The SMILES string of the molecule is COCCN(Cc1ccccc1)C(=O)C(N)CCC(=O)O. The summed E-state index contributed by atoms with van der Waals surface area (Å²) in [5, 5.41) is 8.66. The standard InChI is InChI=1S/C15H22N2O4/c1-21-10-9-17(11-12-5-3-2-4-6-12)15(20)13(16)7-8-14(18)19/h2-6,13H,7-11,16H2,1H3,(H,18,19). The molecule has 0 radical (unpaired) electrons. The zero-order chi connectivity index (χ0) is 15.7. The van der Waals surface area contributed by atoms with Crippen molar-refractivity contribution in [3.05, 3.63) is 35.9 Å². The second-order valence-electron chi connectivity index (χ2n) is 4.78. The lowest BCUT2D eigenvalue weighted by molar-refractivity contribution is -0.138. The van der Waals surface area contributed by atoms with E-state index in [-0.39, 0.29) is 18.7 Å². The van der Waals surface area contributed by atoms with Crippen LogP contribution in [0, 0.1) is 0 Å². The lowest BCUT2D eigenvalue weighted by atomic mass is 10.1. The molecule has 1 aromatic rings. The van der Waals surface area contributed by atoms with Crippen LogP contribution in [-0.2, 0) is 20.9 Å². The van der Waals surface area contributed by atoms with Gasteiger partial charge in [0.2, 0.25) is 5.91 Å². The van der Waals surface area contributed by atoms with Crippen LogP contribution in [0.1, 0.15) is 18.4 Å². The van der Waals surface area contributed by atoms with Crippen molar-refractivity contribution in [2.75, 3.05) is 20.3 Å². The van der Waals surface area contributed by atoms with Gasteiger partial charge in [-0.2, -0.15) is 0 Å². The highest BCUT2D eigenvalue weighted by Crippen LogP contribution is 2.08. The molecule has 0 heterocycles. The highest BCUT2D eigenvalue weighted by Gasteiger charge is 2.21. The van der Waals surface area contributed by atoms with Gasteiger partial charge in [-0.3, -0.25) is 9.59 Å². The summed E-state index contributed by atoms with van der Waals surface area (Å²) in [5.41, 5.74) is 6.79. The van der Waals surface area contributed by atoms with E-state index in [9.17, 15) is 9.59 Å². The van der Waals surface area contributed by atoms with E-state index >= 15 is 0 Å². The quantitative estimate of drug-likeness (QED) is 0.704. The van der Waals surface area contributed by atoms with Gasteiger partial charge >= 0.3 is 5.97 Å². The van der Waals surface area contributed by atoms with Gasteiger partial charge in [0.1, 0.15) is 0 Å². The molecule has 1 amide bonds. The van der Waals surface area contributed by atoms with E-state index in [0.717, 1.165) is 5.56 Å². The summed E-state index contributed by atoms with van der Waals surface area (Å²) in [5.74, 6) is -1.21. The number of nitrogens with two attached hydrogens (primary N) is 1. The van der Waals surface area contributed by atoms with Crippen LogP contribution >= 0.6 is 0 Å². The molecule has 0 aliphatic rings. The molecule has 0 aromatic heterocycles. The van der Waals surface area contributed by atoms with Gasteiger partial charge in [0, 0.05) is 26.6 Å². The molecule has 0 bridgehead atoms. The molecular formula is C15H22N2O4. The Balaban J connectivity index is 2.66. The maximum absolute atomic E-state index is 12.3. The predicted octanol–water partition coefficient (Wildman–Crippen LogP) is 0.854. The zero-order valence-corrected chi connectivity index (χ0v) is 12.2. The molecule has 6 heteroatoms. The van der Waals surface area contributed by atoms with Gasteiger partial charge in [-0.15, -0.1) is 0 Å². The van der Waals surface area contributed by atoms with E-state index < -0.39 is 12.0 Å². The molecule has 0 fully saturated rings. The van der Waals surface area contributed by atoms with Gasteiger partial charge in [0.15, 0.2) is 0 Å². The molecule has 0 aliphatic heterocycles. The number of amides is 1. The number of carboxylic acids is 1. The molecule has 1 rings (SSSR count). The summed E-state index contributed by atoms with van der Waals surface area (Å²) in [6.45, 7) is 1.26. The van der Waals surface area contributed by atoms with E-state index in [1.807, 2.05) is 30.3 Å². The third kappa shape index (κ3) is 6.37. The number of hydrogen-bond acceptors (Lipinski definition) is 4. The first kappa shape index (κ1) is 17.1. The fourth-order valence-electron chi connectivity index (χ4n) is 1.91. The van der Waals surface area contributed by atoms with Crippen molar-refractivity contribution in [3.63, 3.8) is 0 Å². The molecule has 0 saturated heterocycles. The number of aliphatic carboxylic acids is 1. The molecule has 21 heavy (non-hydrogen) atoms. The second-order valence-corrected chi connectivity index (χ2v) is 4.78. The molecule has 1 aromatic carbocycles. The first-order chi connectivity index (χ1) is 10.0. The van der Waals surface area contributed by atoms with Gasteiger partial charge in [0.25, 0.3) is 0 Å². The van der Waals surface area contributed by atoms with E-state index in [2.05, 4.69) is 0 Å². The summed E-state index contributed by atoms with van der Waals surface area (Å²) >= 11 is 0. The molecule has 0 saturated carbocycles. The number of methoxy groups -OCH3 is 1. The molecule has 1 atom stereocenters. The van der Waals surface area contributed by atoms with E-state index in [4.69, 9.17) is 15.6 Å². The van der Waals surface area contributed by atoms with Crippen LogP contribution in [0.25, 0.3) is 0 Å². The lowest BCUT2D eigenvalue weighted by Gasteiger charge is -2.25. The third-order valence-electron chi connectivity index (χ3n) is 3.08. The molecule has 0 aliphatic carbocycles. The minimum absolute atomic E-state index is 0.115. The molecule has 6 nitrogen and oxygen atoms in total. The Hall–Kier alpha value is -1.92. The summed E-state index contributed by atoms with van der Waals surface area (Å²) in [6, 6.07) is 8.76. The number of carbonyl (C=O) groups excluding carboxylic acids is 1. The lowest BCUT2D eigenvalue weighted by Crippen LogP contribution is -2.44. The van der Waals surface area contributed by atoms with Crippen LogP contribution in [-0.4, -0.2) is 48.2 Å². The number of nitrogens with zero attached hydrogens (tertiary/aromatic N) is 1. The fourth-order valence-corrected chi connectivity index (χ4v) is 1.91. The summed E-state index contributed by atoms with van der Waals surface area (Å²) in [7, 11) is 1.57. The predicted molar refractivity (Wildman–Crippen MR) is 78.6 cm³/mol. The highest BCUT2D eigenvalue weighted by molar-refractivity contribution is 5.82. The number of benzene rings is 1. The first-order valence-corrected chi connectivity index (χ1v) is 6.83. The normalized spacial score (nSPS) is 11.9. The van der Waals surface area contributed by atoms with Gasteiger partial charge in [-0.25, -0.2) is 0 Å². The van der Waals surface area contributed by atoms with Crippen molar-refractivity contribution in [1.82, 2.24) is 4.90 Å². The molecule has 0 spiro atoms. The van der Waals surface area contributed by atoms with E-state index in [1.165, 1.54) is 0 Å². The Morgan fingerprint density at radius 1 is 1.33 bits per heavy atom. The molecule has 3 N–H and O–H groups in total. The van der Waals surface area contributed by atoms with Crippen LogP contribution < -0.4 is 5.73 Å². The Morgan fingerprint density at radius 2 is 2.00 bits per heavy atom. The minimum atomic E-state index is -0.954. The molecule has 116 valence electrons. The summed E-state index contributed by atoms with van der Waals surface area (Å²) in [6.07, 6.45) is 0.0167. The van der Waals surface area contributed by atoms with Crippen LogP contribution in [0.2, 0.25) is 0 Å². The maximum atomic E-state index is 12.3. The first-order valence-electron chi connectivity index (χ1n) is 6.83. The third-order valence-corrected chi connectivity index (χ3v) is 3.08. The van der Waals surface area contributed by atoms with Gasteiger partial charge < -0.3 is 20.5 Å². The van der Waals surface area contributed by atoms with Crippen molar-refractivity contribution in [1.29, 1.82) is 0 Å². The maximum Gasteiger partial charge on any atom is 0.303 e. The zero-order valence-electron chi connectivity index (χ0n) is 12.2. The van der Waals surface area contributed by atoms with Crippen molar-refractivity contribution >= 4 is 11.9 Å². The summed E-state index contributed by atoms with van der Waals surface area (Å²) < 4.78 is 5.01. The number of rotatable bonds is 9. The smallest absolute Gasteiger partial charge is 0.303 e. The van der Waals surface area contributed by atoms with E-state index in [1.54, 1.807) is 12.0 Å². The molecular weight excluding hydrogens is 272 g/mol. The van der Waals surface area contributed by atoms with Crippen LogP contribution in [0.5, 0.6) is 0 Å². The van der Waals surface area contributed by atoms with Crippen molar-refractivity contribution in [2.24, 2.45) is 5.73 Å². The minimum Gasteiger partial charge on any atom is -0.481 e. The largest absolute Gasteiger partial charge is 0.481 e. The fraction of sp³-hybridized carbons (Fsp3) is 0.467. The average molecular weight is 294 g/mol. The van der Waals surface area contributed by atoms with Gasteiger partial charge in [-0.1, -0.05) is 30.3 Å². The van der Waals surface area contributed by atoms with Crippen LogP contribution in [0.15, 0.2) is 30.3 Å². The monoisotopic (exact) mass is 294 g/mol. The molecule has 1 unspecified atom stereocenters. The Kier molecular flexibility index (Phi) is 7.42. The number of ether oxygens (including phenoxy) is 1. The average Bonchev–Trinajstić information content (AvgIpc) is 2.49. The van der Waals surface area contributed by atoms with Gasteiger partial charge in [-0.05, 0) is 12.0 Å². The van der Waals surface area contributed by atoms with Crippen molar-refractivity contribution in [2.45, 2.75) is 25.4 Å². The number of carboxylic acid groups (broad SMARTS) is 1. The number of carbonyl (C=O) groups is 2. The Bertz CT molecular complexity index is 450. The topological polar surface area (TPSA) is 92.9 Å². The van der Waals surface area contributed by atoms with E-state index in [0.29, 0.717) is 19.7 Å². The van der Waals surface area contributed by atoms with Crippen LogP contribution in [0.3, 0.4) is 0 Å². The van der Waals surface area contributed by atoms with Crippen LogP contribution in [0.4, 0.5) is 0 Å². The Morgan fingerprint density at radius 3 is 2.57 bits per heavy atom. The van der Waals surface area contributed by atoms with Gasteiger partial charge in [0.05, 0.1) is 12.6 Å². The highest BCUT2D eigenvalue weighted by atomic mass is 16.5. The second kappa shape index (κ2) is 9.10. The summed E-state index contributed by atoms with van der Waals surface area (Å²) in [4.78, 5) is 24.5. The Labute approximate surface area is 124 Å².